The molecule has 2 aliphatic heterocycles. The number of carbonyl (C=O) groups is 9. The van der Waals surface area contributed by atoms with Gasteiger partial charge in [-0.2, -0.15) is 0 Å². The van der Waals surface area contributed by atoms with E-state index in [-0.39, 0.29) is 73.1 Å². The second-order valence-electron chi connectivity index (χ2n) is 20.0. The zero-order valence-corrected chi connectivity index (χ0v) is 48.3. The number of likely N-dealkylation sites (tertiary alicyclic amines) is 1. The maximum absolute atomic E-state index is 13.2. The molecule has 1 aromatic rings. The van der Waals surface area contributed by atoms with Gasteiger partial charge in [-0.3, -0.25) is 48.1 Å². The van der Waals surface area contributed by atoms with E-state index in [1.54, 1.807) is 50.2 Å². The zero-order valence-electron chi connectivity index (χ0n) is 48.3. The number of methoxy groups -OCH3 is 2. The highest BCUT2D eigenvalue weighted by Crippen LogP contribution is 2.25. The van der Waals surface area contributed by atoms with Gasteiger partial charge >= 0.3 is 0 Å². The predicted octanol–water partition coefficient (Wildman–Crippen LogP) is 5.40. The molecule has 2 aliphatic rings. The maximum atomic E-state index is 13.2. The van der Waals surface area contributed by atoms with Crippen molar-refractivity contribution in [2.75, 3.05) is 79.9 Å². The summed E-state index contributed by atoms with van der Waals surface area (Å²) >= 11 is 0. The highest BCUT2D eigenvalue weighted by molar-refractivity contribution is 6.14. The van der Waals surface area contributed by atoms with Gasteiger partial charge in [0.15, 0.2) is 0 Å². The number of nitrogens with one attached hydrogen (secondary N) is 4. The summed E-state index contributed by atoms with van der Waals surface area (Å²) in [5, 5.41) is 9.96. The molecule has 19 heteroatoms. The first-order chi connectivity index (χ1) is 35.5. The van der Waals surface area contributed by atoms with Gasteiger partial charge in [-0.15, -0.1) is 0 Å². The Balaban J connectivity index is 0.00000154. The molecule has 3 rings (SSSR count). The van der Waals surface area contributed by atoms with E-state index in [0.29, 0.717) is 31.0 Å². The van der Waals surface area contributed by atoms with E-state index in [9.17, 15) is 43.2 Å². The van der Waals surface area contributed by atoms with Crippen LogP contribution in [0, 0.1) is 23.7 Å². The summed E-state index contributed by atoms with van der Waals surface area (Å²) in [5.74, 6) is -2.22. The van der Waals surface area contributed by atoms with E-state index in [1.165, 1.54) is 59.0 Å². The van der Waals surface area contributed by atoms with Crippen molar-refractivity contribution >= 4 is 59.2 Å². The lowest BCUT2D eigenvalue weighted by molar-refractivity contribution is -0.141. The summed E-state index contributed by atoms with van der Waals surface area (Å²) in [5.41, 5.74) is 1.47. The molecule has 426 valence electrons. The van der Waals surface area contributed by atoms with Crippen LogP contribution in [0.25, 0.3) is 0 Å². The molecule has 1 fully saturated rings. The summed E-state index contributed by atoms with van der Waals surface area (Å²) in [6.45, 7) is 22.0. The molecular weight excluding hydrogens is 961 g/mol. The SMILES string of the molecule is CCC.CCC(C)C(C(CC(C)=O)OC)N(C)C(=O)CNC=O.CCC(C)CCCC(C)C(OC)C(C)C(=O)N(C)CCc1cccc(NC(=O)CNC(=O)C(C)NC(=O)CN2C(=O)C=CC2=O)c1.CN1CCCC1. The monoisotopic (exact) mass is 1060 g/mol. The van der Waals surface area contributed by atoms with Gasteiger partial charge in [0.2, 0.25) is 35.9 Å². The number of ether oxygens (including phenoxy) is 2. The smallest absolute Gasteiger partial charge is 0.254 e. The van der Waals surface area contributed by atoms with Crippen LogP contribution in [0.15, 0.2) is 36.4 Å². The lowest BCUT2D eigenvalue weighted by Crippen LogP contribution is -2.51. The van der Waals surface area contributed by atoms with Gasteiger partial charge in [0, 0.05) is 59.1 Å². The fourth-order valence-corrected chi connectivity index (χ4v) is 8.56. The van der Waals surface area contributed by atoms with Crippen molar-refractivity contribution in [1.82, 2.24) is 35.6 Å². The molecule has 8 atom stereocenters. The summed E-state index contributed by atoms with van der Waals surface area (Å²) in [6, 6.07) is 6.07. The number of benzene rings is 1. The standard InChI is InChI=1S/C34H51N5O7.C14H26N2O4.C5H11N.C3H8/c1-8-22(2)11-9-12-23(3)32(46-7)24(4)34(45)38(6)18-17-26-13-10-14-27(19-26)37-28(40)20-35-33(44)25(5)36-29(41)21-39-30(42)15-16-31(39)43;1-6-10(2)14(12(20-5)7-11(3)18)16(4)13(19)8-15-9-17;1-6-4-2-3-5-6;1-3-2/h10,13-16,19,22-25,32H,8-9,11-12,17-18,20-21H2,1-7H3,(H,35,44)(H,36,41)(H,37,40);9-10,12,14H,6-8H2,1-5H3,(H,15,17);2-5H2,1H3;3H2,1-2H3. The van der Waals surface area contributed by atoms with E-state index >= 15 is 0 Å². The molecule has 2 heterocycles. The number of Topliss-reactive ketones (excluding diaryl/α,β-unsaturated/α-hetero) is 1. The first-order valence-corrected chi connectivity index (χ1v) is 26.9. The fraction of sp³-hybridized carbons (Fsp3) is 0.696. The van der Waals surface area contributed by atoms with Crippen molar-refractivity contribution < 1.29 is 52.6 Å². The molecule has 0 saturated carbocycles. The van der Waals surface area contributed by atoms with E-state index in [0.717, 1.165) is 41.9 Å². The Labute approximate surface area is 449 Å². The van der Waals surface area contributed by atoms with Gasteiger partial charge in [0.1, 0.15) is 18.4 Å². The minimum absolute atomic E-state index is 0.0250. The number of rotatable bonds is 29. The molecule has 8 amide bonds. The van der Waals surface area contributed by atoms with Gasteiger partial charge in [0.25, 0.3) is 11.8 Å². The van der Waals surface area contributed by atoms with Gasteiger partial charge < -0.3 is 45.4 Å². The van der Waals surface area contributed by atoms with E-state index in [4.69, 9.17) is 9.47 Å². The van der Waals surface area contributed by atoms with Crippen molar-refractivity contribution in [3.8, 4) is 0 Å². The third kappa shape index (κ3) is 27.7. The molecule has 0 spiro atoms. The molecule has 8 unspecified atom stereocenters. The van der Waals surface area contributed by atoms with Crippen molar-refractivity contribution in [1.29, 1.82) is 0 Å². The Morgan fingerprint density at radius 1 is 0.827 bits per heavy atom. The van der Waals surface area contributed by atoms with Crippen LogP contribution in [-0.4, -0.2) is 172 Å². The van der Waals surface area contributed by atoms with Crippen LogP contribution in [-0.2, 0) is 59.0 Å². The number of imide groups is 1. The van der Waals surface area contributed by atoms with E-state index in [1.807, 2.05) is 32.9 Å². The number of amides is 8. The Hall–Kier alpha value is -5.53. The number of nitrogens with zero attached hydrogens (tertiary/aromatic N) is 4. The van der Waals surface area contributed by atoms with Crippen LogP contribution in [0.2, 0.25) is 0 Å². The fourth-order valence-electron chi connectivity index (χ4n) is 8.56. The average Bonchev–Trinajstić information content (AvgIpc) is 3.99. The number of carbonyl (C=O) groups excluding carboxylic acids is 9. The third-order valence-electron chi connectivity index (χ3n) is 13.4. The molecule has 0 aliphatic carbocycles. The summed E-state index contributed by atoms with van der Waals surface area (Å²) in [7, 11) is 8.86. The van der Waals surface area contributed by atoms with E-state index < -0.39 is 42.1 Å². The molecule has 19 nitrogen and oxygen atoms in total. The Morgan fingerprint density at radius 3 is 1.95 bits per heavy atom. The van der Waals surface area contributed by atoms with Gasteiger partial charge in [-0.05, 0) is 95.1 Å². The third-order valence-corrected chi connectivity index (χ3v) is 13.4. The zero-order chi connectivity index (χ0) is 57.2. The molecule has 1 saturated heterocycles. The average molecular weight is 1060 g/mol. The second-order valence-corrected chi connectivity index (χ2v) is 20.0. The summed E-state index contributed by atoms with van der Waals surface area (Å²) < 4.78 is 11.2. The maximum Gasteiger partial charge on any atom is 0.254 e. The molecular formula is C56H96N8O11. The number of ketones is 1. The van der Waals surface area contributed by atoms with Gasteiger partial charge in [0.05, 0.1) is 37.3 Å². The normalized spacial score (nSPS) is 16.1. The van der Waals surface area contributed by atoms with Crippen LogP contribution in [0.1, 0.15) is 133 Å². The molecule has 0 aromatic heterocycles. The molecule has 1 aromatic carbocycles. The Kier molecular flexibility index (Phi) is 36.1. The number of anilines is 1. The summed E-state index contributed by atoms with van der Waals surface area (Å²) in [4.78, 5) is 114. The minimum atomic E-state index is -0.996. The highest BCUT2D eigenvalue weighted by Gasteiger charge is 2.34. The van der Waals surface area contributed by atoms with E-state index in [2.05, 4.69) is 67.8 Å². The number of hydrogen-bond donors (Lipinski definition) is 4. The van der Waals surface area contributed by atoms with Crippen LogP contribution in [0.5, 0.6) is 0 Å². The summed E-state index contributed by atoms with van der Waals surface area (Å²) in [6.07, 6.45) is 12.4. The number of likely N-dealkylation sites (N-methyl/N-ethyl adjacent to an activating group) is 2. The topological polar surface area (TPSA) is 233 Å². The Morgan fingerprint density at radius 2 is 1.44 bits per heavy atom. The van der Waals surface area contributed by atoms with Crippen molar-refractivity contribution in [3.05, 3.63) is 42.0 Å². The van der Waals surface area contributed by atoms with Crippen LogP contribution in [0.4, 0.5) is 5.69 Å². The Bertz CT molecular complexity index is 1930. The first kappa shape index (κ1) is 69.5. The molecule has 75 heavy (non-hydrogen) atoms. The van der Waals surface area contributed by atoms with Gasteiger partial charge in [-0.1, -0.05) is 99.6 Å². The second kappa shape index (κ2) is 38.9. The number of hydrogen-bond acceptors (Lipinski definition) is 12. The van der Waals surface area contributed by atoms with Crippen LogP contribution >= 0.6 is 0 Å². The first-order valence-electron chi connectivity index (χ1n) is 26.9. The quantitative estimate of drug-likeness (QED) is 0.0584. The lowest BCUT2D eigenvalue weighted by atomic mass is 9.87. The van der Waals surface area contributed by atoms with Crippen molar-refractivity contribution in [2.24, 2.45) is 23.7 Å². The van der Waals surface area contributed by atoms with Crippen molar-refractivity contribution in [3.63, 3.8) is 0 Å². The van der Waals surface area contributed by atoms with Crippen molar-refractivity contribution in [2.45, 2.75) is 158 Å². The molecule has 0 bridgehead atoms. The lowest BCUT2D eigenvalue weighted by Gasteiger charge is -2.37. The largest absolute Gasteiger partial charge is 0.380 e. The molecule has 0 radical (unpaired) electrons. The highest BCUT2D eigenvalue weighted by atomic mass is 16.5. The van der Waals surface area contributed by atoms with Crippen LogP contribution in [0.3, 0.4) is 0 Å². The molecule has 4 N–H and O–H groups in total. The van der Waals surface area contributed by atoms with Crippen LogP contribution < -0.4 is 21.3 Å². The predicted molar refractivity (Wildman–Crippen MR) is 294 cm³/mol. The minimum Gasteiger partial charge on any atom is -0.380 e. The van der Waals surface area contributed by atoms with Gasteiger partial charge in [-0.25, -0.2) is 0 Å².